The lowest BCUT2D eigenvalue weighted by Crippen LogP contribution is -2.05. The van der Waals surface area contributed by atoms with Gasteiger partial charge in [-0.2, -0.15) is 16.8 Å². The highest BCUT2D eigenvalue weighted by molar-refractivity contribution is 7.99. The fourth-order valence-electron chi connectivity index (χ4n) is 1.32. The molecular formula is C12H18O6S4. The van der Waals surface area contributed by atoms with E-state index in [1.807, 2.05) is 24.3 Å². The van der Waals surface area contributed by atoms with Crippen LogP contribution in [0.25, 0.3) is 0 Å². The van der Waals surface area contributed by atoms with Crippen molar-refractivity contribution in [2.45, 2.75) is 9.79 Å². The lowest BCUT2D eigenvalue weighted by molar-refractivity contribution is 0.344. The maximum absolute atomic E-state index is 10.8. The minimum atomic E-state index is -3.38. The molecule has 0 fully saturated rings. The third-order valence-corrected chi connectivity index (χ3v) is 5.26. The molecule has 10 heteroatoms. The molecule has 0 aromatic heterocycles. The summed E-state index contributed by atoms with van der Waals surface area (Å²) in [6, 6.07) is 7.69. The van der Waals surface area contributed by atoms with E-state index in [2.05, 4.69) is 8.37 Å². The maximum atomic E-state index is 10.8. The van der Waals surface area contributed by atoms with Crippen molar-refractivity contribution in [2.24, 2.45) is 0 Å². The fraction of sp³-hybridized carbons (Fsp3) is 0.500. The second-order valence-corrected chi connectivity index (χ2v) is 9.85. The summed E-state index contributed by atoms with van der Waals surface area (Å²) in [4.78, 5) is 2.02. The molecule has 0 unspecified atom stereocenters. The van der Waals surface area contributed by atoms with E-state index in [-0.39, 0.29) is 13.2 Å². The first kappa shape index (κ1) is 19.8. The van der Waals surface area contributed by atoms with E-state index in [0.717, 1.165) is 22.3 Å². The molecule has 0 aliphatic heterocycles. The molecule has 0 N–H and O–H groups in total. The minimum absolute atomic E-state index is 0.142. The Bertz CT molecular complexity index is 592. The SMILES string of the molecule is CS(=O)(=O)OCCSc1ccc(SCCOS(C)(=O)=O)cc1. The van der Waals surface area contributed by atoms with Crippen LogP contribution in [-0.2, 0) is 28.6 Å². The van der Waals surface area contributed by atoms with E-state index in [0.29, 0.717) is 11.5 Å². The molecule has 126 valence electrons. The molecule has 0 heterocycles. The van der Waals surface area contributed by atoms with Gasteiger partial charge < -0.3 is 0 Å². The summed E-state index contributed by atoms with van der Waals surface area (Å²) in [5.41, 5.74) is 0. The number of rotatable bonds is 10. The van der Waals surface area contributed by atoms with Gasteiger partial charge in [0.2, 0.25) is 0 Å². The van der Waals surface area contributed by atoms with Crippen LogP contribution in [0.5, 0.6) is 0 Å². The molecule has 1 aromatic carbocycles. The molecule has 0 bridgehead atoms. The Morgan fingerprint density at radius 1 is 0.773 bits per heavy atom. The van der Waals surface area contributed by atoms with Gasteiger partial charge in [0.15, 0.2) is 0 Å². The third kappa shape index (κ3) is 10.5. The lowest BCUT2D eigenvalue weighted by atomic mass is 10.4. The predicted octanol–water partition coefficient (Wildman–Crippen LogP) is 1.82. The molecule has 0 aliphatic rings. The smallest absolute Gasteiger partial charge is 0.264 e. The largest absolute Gasteiger partial charge is 0.269 e. The molecule has 0 aliphatic carbocycles. The van der Waals surface area contributed by atoms with Crippen molar-refractivity contribution in [3.8, 4) is 0 Å². The van der Waals surface area contributed by atoms with Gasteiger partial charge in [-0.15, -0.1) is 23.5 Å². The van der Waals surface area contributed by atoms with E-state index in [1.54, 1.807) is 0 Å². The normalized spacial score (nSPS) is 12.5. The first-order valence-electron chi connectivity index (χ1n) is 6.20. The Morgan fingerprint density at radius 3 is 1.36 bits per heavy atom. The lowest BCUT2D eigenvalue weighted by Gasteiger charge is -2.05. The van der Waals surface area contributed by atoms with E-state index in [4.69, 9.17) is 0 Å². The van der Waals surface area contributed by atoms with Crippen LogP contribution in [0.2, 0.25) is 0 Å². The first-order chi connectivity index (χ1) is 10.2. The molecule has 1 rings (SSSR count). The minimum Gasteiger partial charge on any atom is -0.269 e. The molecular weight excluding hydrogens is 368 g/mol. The van der Waals surface area contributed by atoms with Crippen LogP contribution in [0, 0.1) is 0 Å². The maximum Gasteiger partial charge on any atom is 0.264 e. The molecule has 0 saturated carbocycles. The summed E-state index contributed by atoms with van der Waals surface area (Å²) in [5, 5.41) is 0. The zero-order valence-electron chi connectivity index (χ0n) is 12.2. The van der Waals surface area contributed by atoms with Crippen molar-refractivity contribution < 1.29 is 25.2 Å². The Kier molecular flexibility index (Phi) is 8.22. The number of hydrogen-bond donors (Lipinski definition) is 0. The average Bonchev–Trinajstić information content (AvgIpc) is 2.39. The zero-order chi connectivity index (χ0) is 16.6. The van der Waals surface area contributed by atoms with Crippen molar-refractivity contribution in [3.05, 3.63) is 24.3 Å². The summed E-state index contributed by atoms with van der Waals surface area (Å²) < 4.78 is 52.5. The van der Waals surface area contributed by atoms with Crippen LogP contribution >= 0.6 is 23.5 Å². The van der Waals surface area contributed by atoms with Gasteiger partial charge in [0.1, 0.15) is 0 Å². The fourth-order valence-corrected chi connectivity index (χ4v) is 3.77. The van der Waals surface area contributed by atoms with Crippen LogP contribution < -0.4 is 0 Å². The van der Waals surface area contributed by atoms with Crippen LogP contribution in [-0.4, -0.2) is 54.1 Å². The van der Waals surface area contributed by atoms with Crippen molar-refractivity contribution in [2.75, 3.05) is 37.2 Å². The van der Waals surface area contributed by atoms with E-state index >= 15 is 0 Å². The highest BCUT2D eigenvalue weighted by Crippen LogP contribution is 2.23. The second-order valence-electron chi connectivity index (χ2n) is 4.22. The van der Waals surface area contributed by atoms with Gasteiger partial charge in [0, 0.05) is 21.3 Å². The van der Waals surface area contributed by atoms with Gasteiger partial charge in [-0.25, -0.2) is 0 Å². The topological polar surface area (TPSA) is 86.7 Å². The van der Waals surface area contributed by atoms with Gasteiger partial charge >= 0.3 is 0 Å². The Morgan fingerprint density at radius 2 is 1.09 bits per heavy atom. The molecule has 1 aromatic rings. The molecule has 0 saturated heterocycles. The van der Waals surface area contributed by atoms with Crippen LogP contribution in [0.15, 0.2) is 34.1 Å². The standard InChI is InChI=1S/C12H18O6S4/c1-21(13,14)17-7-9-19-11-3-5-12(6-4-11)20-10-8-18-22(2,15)16/h3-6H,7-10H2,1-2H3. The van der Waals surface area contributed by atoms with Gasteiger partial charge in [0.05, 0.1) is 25.7 Å². The molecule has 0 amide bonds. The number of benzene rings is 1. The summed E-state index contributed by atoms with van der Waals surface area (Å²) in [6.07, 6.45) is 2.05. The summed E-state index contributed by atoms with van der Waals surface area (Å²) >= 11 is 3.00. The molecule has 0 atom stereocenters. The third-order valence-electron chi connectivity index (χ3n) is 2.12. The van der Waals surface area contributed by atoms with Gasteiger partial charge in [0.25, 0.3) is 20.2 Å². The average molecular weight is 387 g/mol. The predicted molar refractivity (Wildman–Crippen MR) is 89.5 cm³/mol. The van der Waals surface area contributed by atoms with Crippen LogP contribution in [0.4, 0.5) is 0 Å². The van der Waals surface area contributed by atoms with E-state index < -0.39 is 20.2 Å². The summed E-state index contributed by atoms with van der Waals surface area (Å²) in [6.45, 7) is 0.283. The molecule has 0 radical (unpaired) electrons. The van der Waals surface area contributed by atoms with Crippen LogP contribution in [0.3, 0.4) is 0 Å². The van der Waals surface area contributed by atoms with Gasteiger partial charge in [-0.3, -0.25) is 8.37 Å². The zero-order valence-corrected chi connectivity index (χ0v) is 15.5. The Labute approximate surface area is 140 Å². The summed E-state index contributed by atoms with van der Waals surface area (Å²) in [7, 11) is -6.76. The highest BCUT2D eigenvalue weighted by Gasteiger charge is 2.03. The van der Waals surface area contributed by atoms with E-state index in [1.165, 1.54) is 23.5 Å². The highest BCUT2D eigenvalue weighted by atomic mass is 32.2. The second kappa shape index (κ2) is 9.14. The Hall–Kier alpha value is -0.260. The first-order valence-corrected chi connectivity index (χ1v) is 11.8. The van der Waals surface area contributed by atoms with Gasteiger partial charge in [-0.05, 0) is 24.3 Å². The molecule has 6 nitrogen and oxygen atoms in total. The Balaban J connectivity index is 2.28. The van der Waals surface area contributed by atoms with E-state index in [9.17, 15) is 16.8 Å². The number of hydrogen-bond acceptors (Lipinski definition) is 8. The number of thioether (sulfide) groups is 2. The summed E-state index contributed by atoms with van der Waals surface area (Å²) in [5.74, 6) is 1.09. The molecule has 22 heavy (non-hydrogen) atoms. The van der Waals surface area contributed by atoms with Gasteiger partial charge in [-0.1, -0.05) is 0 Å². The van der Waals surface area contributed by atoms with Crippen molar-refractivity contribution in [3.63, 3.8) is 0 Å². The van der Waals surface area contributed by atoms with Crippen molar-refractivity contribution in [1.29, 1.82) is 0 Å². The quantitative estimate of drug-likeness (QED) is 0.342. The van der Waals surface area contributed by atoms with Crippen LogP contribution in [0.1, 0.15) is 0 Å². The monoisotopic (exact) mass is 386 g/mol. The van der Waals surface area contributed by atoms with Crippen molar-refractivity contribution in [1.82, 2.24) is 0 Å². The molecule has 0 spiro atoms. The van der Waals surface area contributed by atoms with Crippen molar-refractivity contribution >= 4 is 43.8 Å².